The van der Waals surface area contributed by atoms with E-state index in [0.29, 0.717) is 30.1 Å². The molecule has 0 spiro atoms. The molecular formula is C17H29N3O2. The maximum Gasteiger partial charge on any atom is 0.270 e. The second kappa shape index (κ2) is 7.58. The summed E-state index contributed by atoms with van der Waals surface area (Å²) in [6.07, 6.45) is 1.42. The molecule has 0 aromatic carbocycles. The zero-order valence-corrected chi connectivity index (χ0v) is 14.6. The fourth-order valence-electron chi connectivity index (χ4n) is 2.66. The van der Waals surface area contributed by atoms with E-state index in [-0.39, 0.29) is 17.7 Å². The summed E-state index contributed by atoms with van der Waals surface area (Å²) in [6.45, 7) is 10.1. The molecule has 1 aromatic heterocycles. The summed E-state index contributed by atoms with van der Waals surface area (Å²) in [6, 6.07) is 0.0825. The third-order valence-electron chi connectivity index (χ3n) is 4.21. The van der Waals surface area contributed by atoms with E-state index in [1.165, 1.54) is 6.92 Å². The second-order valence-corrected chi connectivity index (χ2v) is 6.31. The lowest BCUT2D eigenvalue weighted by Crippen LogP contribution is -2.35. The van der Waals surface area contributed by atoms with Crippen LogP contribution in [0.1, 0.15) is 66.2 Å². The van der Waals surface area contributed by atoms with Crippen molar-refractivity contribution in [3.63, 3.8) is 0 Å². The van der Waals surface area contributed by atoms with Crippen molar-refractivity contribution in [2.24, 2.45) is 11.7 Å². The summed E-state index contributed by atoms with van der Waals surface area (Å²) in [5.41, 5.74) is 8.80. The molecule has 1 aromatic rings. The Bertz CT molecular complexity index is 546. The molecule has 0 bridgehead atoms. The van der Waals surface area contributed by atoms with Gasteiger partial charge in [0.25, 0.3) is 5.91 Å². The summed E-state index contributed by atoms with van der Waals surface area (Å²) in [5, 5.41) is 0. The van der Waals surface area contributed by atoms with Gasteiger partial charge in [-0.2, -0.15) is 0 Å². The van der Waals surface area contributed by atoms with Crippen molar-refractivity contribution in [3.05, 3.63) is 22.5 Å². The first-order valence-corrected chi connectivity index (χ1v) is 7.94. The Hall–Kier alpha value is -1.62. The van der Waals surface area contributed by atoms with Gasteiger partial charge in [0.1, 0.15) is 5.69 Å². The third-order valence-corrected chi connectivity index (χ3v) is 4.21. The van der Waals surface area contributed by atoms with Crippen LogP contribution < -0.4 is 5.73 Å². The molecule has 1 heterocycles. The first-order chi connectivity index (χ1) is 10.2. The Balaban J connectivity index is 2.94. The van der Waals surface area contributed by atoms with Crippen molar-refractivity contribution in [3.8, 4) is 0 Å². The van der Waals surface area contributed by atoms with Crippen molar-refractivity contribution in [2.75, 3.05) is 13.6 Å². The highest BCUT2D eigenvalue weighted by molar-refractivity contribution is 6.02. The minimum absolute atomic E-state index is 0.00543. The van der Waals surface area contributed by atoms with Crippen LogP contribution in [0.2, 0.25) is 0 Å². The Labute approximate surface area is 133 Å². The van der Waals surface area contributed by atoms with Crippen LogP contribution in [0.3, 0.4) is 0 Å². The molecule has 1 rings (SSSR count). The first kappa shape index (κ1) is 18.4. The Morgan fingerprint density at radius 1 is 1.32 bits per heavy atom. The third kappa shape index (κ3) is 3.97. The molecule has 0 saturated carbocycles. The molecule has 0 radical (unpaired) electrons. The monoisotopic (exact) mass is 307 g/mol. The average molecular weight is 307 g/mol. The molecule has 1 unspecified atom stereocenters. The normalized spacial score (nSPS) is 12.5. The summed E-state index contributed by atoms with van der Waals surface area (Å²) < 4.78 is 0. The number of ketones is 1. The molecule has 0 aliphatic heterocycles. The van der Waals surface area contributed by atoms with Crippen LogP contribution in [0.25, 0.3) is 0 Å². The number of nitrogens with zero attached hydrogens (tertiary/aromatic N) is 1. The van der Waals surface area contributed by atoms with Gasteiger partial charge in [-0.1, -0.05) is 20.8 Å². The van der Waals surface area contributed by atoms with Crippen molar-refractivity contribution >= 4 is 11.7 Å². The Kier molecular flexibility index (Phi) is 6.35. The number of carbonyl (C=O) groups is 2. The molecule has 0 aliphatic carbocycles. The quantitative estimate of drug-likeness (QED) is 0.760. The minimum Gasteiger partial charge on any atom is -0.354 e. The number of aromatic nitrogens is 1. The van der Waals surface area contributed by atoms with Gasteiger partial charge in [-0.25, -0.2) is 0 Å². The number of nitrogens with two attached hydrogens (primary N) is 1. The molecule has 5 nitrogen and oxygen atoms in total. The predicted octanol–water partition coefficient (Wildman–Crippen LogP) is 2.53. The van der Waals surface area contributed by atoms with Gasteiger partial charge in [0.15, 0.2) is 5.78 Å². The van der Waals surface area contributed by atoms with E-state index >= 15 is 0 Å². The summed E-state index contributed by atoms with van der Waals surface area (Å²) in [7, 11) is 1.78. The van der Waals surface area contributed by atoms with Crippen LogP contribution in [0.15, 0.2) is 0 Å². The Morgan fingerprint density at radius 2 is 1.91 bits per heavy atom. The number of aromatic amines is 1. The summed E-state index contributed by atoms with van der Waals surface area (Å²) in [4.78, 5) is 29.2. The van der Waals surface area contributed by atoms with E-state index in [0.717, 1.165) is 17.7 Å². The molecule has 5 heteroatoms. The highest BCUT2D eigenvalue weighted by Crippen LogP contribution is 2.21. The highest BCUT2D eigenvalue weighted by atomic mass is 16.2. The van der Waals surface area contributed by atoms with Crippen LogP contribution in [0.4, 0.5) is 0 Å². The fraction of sp³-hybridized carbons (Fsp3) is 0.647. The van der Waals surface area contributed by atoms with Gasteiger partial charge in [-0.3, -0.25) is 9.59 Å². The van der Waals surface area contributed by atoms with E-state index in [9.17, 15) is 9.59 Å². The number of hydrogen-bond acceptors (Lipinski definition) is 3. The van der Waals surface area contributed by atoms with E-state index in [2.05, 4.69) is 18.8 Å². The number of Topliss-reactive ketones (excluding diaryl/α,β-unsaturated/α-hetero) is 1. The number of nitrogens with one attached hydrogen (secondary N) is 1. The van der Waals surface area contributed by atoms with Crippen molar-refractivity contribution in [2.45, 2.75) is 53.5 Å². The average Bonchev–Trinajstić information content (AvgIpc) is 2.79. The molecule has 0 saturated heterocycles. The van der Waals surface area contributed by atoms with E-state index in [1.807, 2.05) is 13.8 Å². The zero-order chi connectivity index (χ0) is 17.0. The zero-order valence-electron chi connectivity index (χ0n) is 14.6. The van der Waals surface area contributed by atoms with Crippen LogP contribution in [-0.2, 0) is 6.42 Å². The molecule has 22 heavy (non-hydrogen) atoms. The molecule has 0 aliphatic rings. The van der Waals surface area contributed by atoms with Gasteiger partial charge >= 0.3 is 0 Å². The van der Waals surface area contributed by atoms with Gasteiger partial charge in [0.2, 0.25) is 0 Å². The lowest BCUT2D eigenvalue weighted by atomic mass is 10.0. The lowest BCUT2D eigenvalue weighted by molar-refractivity contribution is 0.0783. The van der Waals surface area contributed by atoms with E-state index in [4.69, 9.17) is 5.73 Å². The molecule has 3 N–H and O–H groups in total. The van der Waals surface area contributed by atoms with Gasteiger partial charge in [0, 0.05) is 30.9 Å². The van der Waals surface area contributed by atoms with Gasteiger partial charge in [0.05, 0.1) is 0 Å². The summed E-state index contributed by atoms with van der Waals surface area (Å²) in [5.74, 6) is 0.310. The van der Waals surface area contributed by atoms with Crippen LogP contribution in [-0.4, -0.2) is 41.2 Å². The van der Waals surface area contributed by atoms with Crippen molar-refractivity contribution < 1.29 is 9.59 Å². The van der Waals surface area contributed by atoms with Gasteiger partial charge < -0.3 is 15.6 Å². The van der Waals surface area contributed by atoms with Gasteiger partial charge in [-0.05, 0) is 38.2 Å². The number of aryl methyl sites for hydroxylation is 1. The highest BCUT2D eigenvalue weighted by Gasteiger charge is 2.24. The molecule has 0 fully saturated rings. The SMILES string of the molecule is CCc1c(C(=O)N(C)CCC(N)C(C)C)[nH]c(C)c1C(C)=O. The second-order valence-electron chi connectivity index (χ2n) is 6.31. The lowest BCUT2D eigenvalue weighted by Gasteiger charge is -2.21. The van der Waals surface area contributed by atoms with Crippen molar-refractivity contribution in [1.29, 1.82) is 0 Å². The van der Waals surface area contributed by atoms with Crippen molar-refractivity contribution in [1.82, 2.24) is 9.88 Å². The van der Waals surface area contributed by atoms with E-state index in [1.54, 1.807) is 11.9 Å². The van der Waals surface area contributed by atoms with Crippen LogP contribution in [0, 0.1) is 12.8 Å². The molecule has 124 valence electrons. The maximum atomic E-state index is 12.6. The topological polar surface area (TPSA) is 79.2 Å². The smallest absolute Gasteiger partial charge is 0.270 e. The first-order valence-electron chi connectivity index (χ1n) is 7.94. The number of rotatable bonds is 7. The molecule has 1 atom stereocenters. The van der Waals surface area contributed by atoms with E-state index < -0.39 is 0 Å². The predicted molar refractivity (Wildman–Crippen MR) is 89.3 cm³/mol. The number of amides is 1. The largest absolute Gasteiger partial charge is 0.354 e. The minimum atomic E-state index is -0.0802. The maximum absolute atomic E-state index is 12.6. The molecule has 1 amide bonds. The van der Waals surface area contributed by atoms with Crippen LogP contribution in [0.5, 0.6) is 0 Å². The number of hydrogen-bond donors (Lipinski definition) is 2. The van der Waals surface area contributed by atoms with Crippen LogP contribution >= 0.6 is 0 Å². The number of H-pyrrole nitrogens is 1. The van der Waals surface area contributed by atoms with Gasteiger partial charge in [-0.15, -0.1) is 0 Å². The number of carbonyl (C=O) groups excluding carboxylic acids is 2. The fourth-order valence-corrected chi connectivity index (χ4v) is 2.66. The molecular weight excluding hydrogens is 278 g/mol. The summed E-state index contributed by atoms with van der Waals surface area (Å²) >= 11 is 0. The standard InChI is InChI=1S/C17H29N3O2/c1-7-13-15(12(5)21)11(4)19-16(13)17(22)20(6)9-8-14(18)10(2)3/h10,14,19H,7-9,18H2,1-6H3. The Morgan fingerprint density at radius 3 is 2.36 bits per heavy atom.